The van der Waals surface area contributed by atoms with Crippen molar-refractivity contribution in [3.63, 3.8) is 0 Å². The lowest BCUT2D eigenvalue weighted by atomic mass is 10.1. The van der Waals surface area contributed by atoms with Gasteiger partial charge in [-0.05, 0) is 49.6 Å². The van der Waals surface area contributed by atoms with E-state index in [9.17, 15) is 9.59 Å². The molecule has 1 fully saturated rings. The Balaban J connectivity index is 1.41. The third kappa shape index (κ3) is 4.84. The second kappa shape index (κ2) is 9.14. The lowest BCUT2D eigenvalue weighted by Gasteiger charge is -2.22. The molecule has 0 aliphatic heterocycles. The summed E-state index contributed by atoms with van der Waals surface area (Å²) in [5.41, 5.74) is 0.0997. The van der Waals surface area contributed by atoms with Crippen molar-refractivity contribution in [2.45, 2.75) is 31.3 Å². The Labute approximate surface area is 195 Å². The van der Waals surface area contributed by atoms with Crippen LogP contribution in [0, 0.1) is 0 Å². The highest BCUT2D eigenvalue weighted by Gasteiger charge is 2.51. The average molecular weight is 471 g/mol. The van der Waals surface area contributed by atoms with E-state index in [1.165, 1.54) is 18.7 Å². The number of halogens is 2. The molecule has 164 valence electrons. The molecule has 7 nitrogen and oxygen atoms in total. The summed E-state index contributed by atoms with van der Waals surface area (Å²) in [6.45, 7) is 1.83. The Morgan fingerprint density at radius 2 is 1.78 bits per heavy atom. The average Bonchev–Trinajstić information content (AvgIpc) is 3.56. The lowest BCUT2D eigenvalue weighted by Crippen LogP contribution is -2.49. The van der Waals surface area contributed by atoms with Gasteiger partial charge < -0.3 is 15.4 Å². The van der Waals surface area contributed by atoms with Gasteiger partial charge in [-0.3, -0.25) is 9.59 Å². The zero-order chi connectivity index (χ0) is 22.7. The van der Waals surface area contributed by atoms with Gasteiger partial charge in [0.2, 0.25) is 5.91 Å². The topological polar surface area (TPSA) is 93.2 Å². The molecular formula is C23H20Cl2N4O3. The molecule has 2 amide bonds. The second-order valence-corrected chi connectivity index (χ2v) is 8.39. The summed E-state index contributed by atoms with van der Waals surface area (Å²) in [4.78, 5) is 33.0. The molecule has 0 bridgehead atoms. The van der Waals surface area contributed by atoms with Gasteiger partial charge >= 0.3 is 0 Å². The molecule has 2 N–H and O–H groups in total. The number of carbonyl (C=O) groups is 2. The molecule has 0 spiro atoms. The lowest BCUT2D eigenvalue weighted by molar-refractivity contribution is -0.124. The number of hydrogen-bond donors (Lipinski definition) is 2. The highest BCUT2D eigenvalue weighted by molar-refractivity contribution is 6.32. The molecule has 9 heteroatoms. The molecule has 1 unspecified atom stereocenters. The normalized spacial score (nSPS) is 14.8. The number of hydrogen-bond acceptors (Lipinski definition) is 5. The number of nitrogens with zero attached hydrogens (tertiary/aromatic N) is 2. The zero-order valence-corrected chi connectivity index (χ0v) is 18.7. The van der Waals surface area contributed by atoms with Crippen LogP contribution in [0.25, 0.3) is 0 Å². The molecule has 4 rings (SSSR count). The molecule has 1 atom stereocenters. The first-order valence-electron chi connectivity index (χ1n) is 9.98. The molecule has 1 aliphatic carbocycles. The van der Waals surface area contributed by atoms with Crippen molar-refractivity contribution in [1.29, 1.82) is 0 Å². The van der Waals surface area contributed by atoms with Crippen molar-refractivity contribution in [3.05, 3.63) is 82.4 Å². The van der Waals surface area contributed by atoms with Gasteiger partial charge in [-0.1, -0.05) is 41.4 Å². The highest BCUT2D eigenvalue weighted by atomic mass is 35.5. The number of benzene rings is 2. The summed E-state index contributed by atoms with van der Waals surface area (Å²) in [5.74, 6) is 0.406. The SMILES string of the molecule is CC(NC(=O)C1(NC(=O)c2cncnc2)CC1)c1ccc(Oc2ccccc2Cl)cc1Cl. The van der Waals surface area contributed by atoms with Gasteiger partial charge in [0.15, 0.2) is 0 Å². The molecule has 3 aromatic rings. The van der Waals surface area contributed by atoms with E-state index in [2.05, 4.69) is 20.6 Å². The zero-order valence-electron chi connectivity index (χ0n) is 17.1. The fraction of sp³-hybridized carbons (Fsp3) is 0.217. The predicted octanol–water partition coefficient (Wildman–Crippen LogP) is 4.72. The van der Waals surface area contributed by atoms with Crippen molar-refractivity contribution in [3.8, 4) is 11.5 Å². The van der Waals surface area contributed by atoms with E-state index in [-0.39, 0.29) is 17.9 Å². The maximum absolute atomic E-state index is 12.9. The van der Waals surface area contributed by atoms with Gasteiger partial charge in [-0.15, -0.1) is 0 Å². The van der Waals surface area contributed by atoms with Gasteiger partial charge in [0, 0.05) is 17.4 Å². The van der Waals surface area contributed by atoms with Crippen molar-refractivity contribution in [2.75, 3.05) is 0 Å². The Bertz CT molecular complexity index is 1150. The van der Waals surface area contributed by atoms with E-state index >= 15 is 0 Å². The Kier molecular flexibility index (Phi) is 6.30. The summed E-state index contributed by atoms with van der Waals surface area (Å²) in [6.07, 6.45) is 5.27. The van der Waals surface area contributed by atoms with Crippen molar-refractivity contribution < 1.29 is 14.3 Å². The van der Waals surface area contributed by atoms with Crippen LogP contribution in [0.3, 0.4) is 0 Å². The van der Waals surface area contributed by atoms with E-state index in [0.717, 1.165) is 5.56 Å². The van der Waals surface area contributed by atoms with E-state index in [0.29, 0.717) is 39.9 Å². The fourth-order valence-electron chi connectivity index (χ4n) is 3.23. The van der Waals surface area contributed by atoms with Gasteiger partial charge in [0.25, 0.3) is 5.91 Å². The van der Waals surface area contributed by atoms with E-state index in [1.807, 2.05) is 19.1 Å². The smallest absolute Gasteiger partial charge is 0.255 e. The quantitative estimate of drug-likeness (QED) is 0.521. The van der Waals surface area contributed by atoms with E-state index < -0.39 is 5.54 Å². The van der Waals surface area contributed by atoms with Crippen molar-refractivity contribution in [2.24, 2.45) is 0 Å². The number of carbonyl (C=O) groups excluding carboxylic acids is 2. The first-order chi connectivity index (χ1) is 15.4. The van der Waals surface area contributed by atoms with Gasteiger partial charge in [-0.25, -0.2) is 9.97 Å². The van der Waals surface area contributed by atoms with E-state index in [1.54, 1.807) is 30.3 Å². The third-order valence-corrected chi connectivity index (χ3v) is 5.85. The monoisotopic (exact) mass is 470 g/mol. The standard InChI is InChI=1S/C23H20Cl2N4O3/c1-14(17-7-6-16(10-19(17)25)32-20-5-3-2-4-18(20)24)28-22(31)23(8-9-23)29-21(30)15-11-26-13-27-12-15/h2-7,10-14H,8-9H2,1H3,(H,28,31)(H,29,30). The Morgan fingerprint density at radius 3 is 2.44 bits per heavy atom. The van der Waals surface area contributed by atoms with Crippen LogP contribution >= 0.6 is 23.2 Å². The number of amides is 2. The van der Waals surface area contributed by atoms with E-state index in [4.69, 9.17) is 27.9 Å². The number of para-hydroxylation sites is 1. The predicted molar refractivity (Wildman–Crippen MR) is 121 cm³/mol. The van der Waals surface area contributed by atoms with Crippen LogP contribution in [-0.2, 0) is 4.79 Å². The molecule has 1 saturated carbocycles. The molecule has 1 aliphatic rings. The minimum absolute atomic E-state index is 0.261. The number of ether oxygens (including phenoxy) is 1. The number of nitrogens with one attached hydrogen (secondary N) is 2. The van der Waals surface area contributed by atoms with Crippen LogP contribution in [0.1, 0.15) is 41.7 Å². The van der Waals surface area contributed by atoms with Crippen LogP contribution < -0.4 is 15.4 Å². The summed E-state index contributed by atoms with van der Waals surface area (Å²) < 4.78 is 5.79. The highest BCUT2D eigenvalue weighted by Crippen LogP contribution is 2.37. The first kappa shape index (κ1) is 22.0. The Hall–Kier alpha value is -3.16. The molecule has 0 saturated heterocycles. The van der Waals surface area contributed by atoms with Crippen molar-refractivity contribution >= 4 is 35.0 Å². The van der Waals surface area contributed by atoms with Crippen LogP contribution in [0.4, 0.5) is 0 Å². The molecule has 2 aromatic carbocycles. The number of aromatic nitrogens is 2. The molecule has 0 radical (unpaired) electrons. The summed E-state index contributed by atoms with van der Waals surface area (Å²) >= 11 is 12.6. The fourth-order valence-corrected chi connectivity index (χ4v) is 3.74. The van der Waals surface area contributed by atoms with Crippen LogP contribution in [0.2, 0.25) is 10.0 Å². The molecule has 1 heterocycles. The van der Waals surface area contributed by atoms with Crippen LogP contribution in [-0.4, -0.2) is 27.3 Å². The minimum atomic E-state index is -0.930. The maximum atomic E-state index is 12.9. The van der Waals surface area contributed by atoms with Crippen LogP contribution in [0.15, 0.2) is 61.2 Å². The Morgan fingerprint density at radius 1 is 1.06 bits per heavy atom. The first-order valence-corrected chi connectivity index (χ1v) is 10.7. The molecule has 1 aromatic heterocycles. The second-order valence-electron chi connectivity index (χ2n) is 7.57. The molecular weight excluding hydrogens is 451 g/mol. The minimum Gasteiger partial charge on any atom is -0.456 e. The van der Waals surface area contributed by atoms with Crippen LogP contribution in [0.5, 0.6) is 11.5 Å². The summed E-state index contributed by atoms with van der Waals surface area (Å²) in [5, 5.41) is 6.68. The van der Waals surface area contributed by atoms with Gasteiger partial charge in [0.05, 0.1) is 16.6 Å². The number of rotatable bonds is 7. The summed E-state index contributed by atoms with van der Waals surface area (Å²) in [6, 6.07) is 12.0. The maximum Gasteiger partial charge on any atom is 0.255 e. The van der Waals surface area contributed by atoms with Gasteiger partial charge in [0.1, 0.15) is 23.4 Å². The molecule has 32 heavy (non-hydrogen) atoms. The third-order valence-electron chi connectivity index (χ3n) is 5.21. The van der Waals surface area contributed by atoms with Gasteiger partial charge in [-0.2, -0.15) is 0 Å². The summed E-state index contributed by atoms with van der Waals surface area (Å²) in [7, 11) is 0. The van der Waals surface area contributed by atoms with Crippen molar-refractivity contribution in [1.82, 2.24) is 20.6 Å². The largest absolute Gasteiger partial charge is 0.456 e.